The molecule has 0 spiro atoms. The van der Waals surface area contributed by atoms with Crippen LogP contribution in [0.2, 0.25) is 0 Å². The molecular formula is C12H23NO3. The van der Waals surface area contributed by atoms with Crippen molar-refractivity contribution in [3.8, 4) is 0 Å². The van der Waals surface area contributed by atoms with Gasteiger partial charge in [-0.2, -0.15) is 0 Å². The van der Waals surface area contributed by atoms with E-state index in [1.807, 2.05) is 6.92 Å². The number of hydrogen-bond donors (Lipinski definition) is 2. The number of carbonyl (C=O) groups is 1. The fourth-order valence-corrected chi connectivity index (χ4v) is 1.68. The highest BCUT2D eigenvalue weighted by molar-refractivity contribution is 5.78. The van der Waals surface area contributed by atoms with Crippen LogP contribution in [0, 0.1) is 5.92 Å². The van der Waals surface area contributed by atoms with E-state index in [4.69, 9.17) is 15.6 Å². The van der Waals surface area contributed by atoms with E-state index in [-0.39, 0.29) is 0 Å². The maximum Gasteiger partial charge on any atom is 0.323 e. The first-order chi connectivity index (χ1) is 7.58. The second-order valence-electron chi connectivity index (χ2n) is 4.76. The molecule has 0 radical (unpaired) electrons. The molecule has 4 nitrogen and oxygen atoms in total. The standard InChI is InChI=1S/C12H23NO3/c1-2-12(13,11(14)15)7-3-8-16-9-6-10-4-5-10/h10H,2-9,13H2,1H3,(H,14,15). The average Bonchev–Trinajstić information content (AvgIpc) is 3.06. The summed E-state index contributed by atoms with van der Waals surface area (Å²) >= 11 is 0. The number of carboxylic acids is 1. The van der Waals surface area contributed by atoms with E-state index >= 15 is 0 Å². The Morgan fingerprint density at radius 3 is 2.69 bits per heavy atom. The van der Waals surface area contributed by atoms with Gasteiger partial charge in [-0.15, -0.1) is 0 Å². The topological polar surface area (TPSA) is 72.5 Å². The van der Waals surface area contributed by atoms with Crippen molar-refractivity contribution in [1.29, 1.82) is 0 Å². The van der Waals surface area contributed by atoms with Crippen molar-refractivity contribution in [3.05, 3.63) is 0 Å². The highest BCUT2D eigenvalue weighted by Gasteiger charge is 2.30. The lowest BCUT2D eigenvalue weighted by Gasteiger charge is -2.22. The van der Waals surface area contributed by atoms with Crippen LogP contribution in [-0.4, -0.2) is 29.8 Å². The van der Waals surface area contributed by atoms with Gasteiger partial charge in [0, 0.05) is 13.2 Å². The third-order valence-corrected chi connectivity index (χ3v) is 3.34. The number of aliphatic carboxylic acids is 1. The van der Waals surface area contributed by atoms with Crippen molar-refractivity contribution in [2.75, 3.05) is 13.2 Å². The average molecular weight is 229 g/mol. The van der Waals surface area contributed by atoms with Gasteiger partial charge >= 0.3 is 5.97 Å². The molecule has 1 rings (SSSR count). The quantitative estimate of drug-likeness (QED) is 0.591. The first-order valence-electron chi connectivity index (χ1n) is 6.18. The molecule has 16 heavy (non-hydrogen) atoms. The Morgan fingerprint density at radius 2 is 2.19 bits per heavy atom. The van der Waals surface area contributed by atoms with E-state index < -0.39 is 11.5 Å². The Morgan fingerprint density at radius 1 is 1.50 bits per heavy atom. The number of rotatable bonds is 9. The van der Waals surface area contributed by atoms with Gasteiger partial charge in [0.15, 0.2) is 0 Å². The highest BCUT2D eigenvalue weighted by Crippen LogP contribution is 2.32. The molecule has 3 N–H and O–H groups in total. The Balaban J connectivity index is 2.01. The molecule has 1 unspecified atom stereocenters. The van der Waals surface area contributed by atoms with Crippen molar-refractivity contribution in [1.82, 2.24) is 0 Å². The van der Waals surface area contributed by atoms with E-state index in [1.54, 1.807) is 0 Å². The summed E-state index contributed by atoms with van der Waals surface area (Å²) < 4.78 is 5.46. The predicted molar refractivity (Wildman–Crippen MR) is 62.2 cm³/mol. The molecule has 0 bridgehead atoms. The van der Waals surface area contributed by atoms with Crippen molar-refractivity contribution in [2.45, 2.75) is 51.0 Å². The van der Waals surface area contributed by atoms with Gasteiger partial charge in [0.05, 0.1) is 0 Å². The summed E-state index contributed by atoms with van der Waals surface area (Å²) in [5, 5.41) is 8.95. The molecule has 0 aromatic carbocycles. The summed E-state index contributed by atoms with van der Waals surface area (Å²) in [5.41, 5.74) is 4.69. The van der Waals surface area contributed by atoms with Gasteiger partial charge in [-0.25, -0.2) is 0 Å². The molecule has 1 fully saturated rings. The van der Waals surface area contributed by atoms with Gasteiger partial charge in [0.2, 0.25) is 0 Å². The zero-order chi connectivity index (χ0) is 12.0. The van der Waals surface area contributed by atoms with Crippen LogP contribution in [-0.2, 0) is 9.53 Å². The van der Waals surface area contributed by atoms with Gasteiger partial charge in [-0.05, 0) is 31.6 Å². The molecule has 0 saturated heterocycles. The van der Waals surface area contributed by atoms with Gasteiger partial charge in [-0.1, -0.05) is 19.8 Å². The largest absolute Gasteiger partial charge is 0.480 e. The summed E-state index contributed by atoms with van der Waals surface area (Å²) in [6, 6.07) is 0. The Bertz CT molecular complexity index is 228. The Hall–Kier alpha value is -0.610. The molecule has 1 aliphatic carbocycles. The third kappa shape index (κ3) is 4.49. The van der Waals surface area contributed by atoms with Crippen LogP contribution in [0.5, 0.6) is 0 Å². The Kier molecular flexibility index (Phi) is 5.22. The van der Waals surface area contributed by atoms with E-state index in [0.717, 1.165) is 25.4 Å². The lowest BCUT2D eigenvalue weighted by Crippen LogP contribution is -2.47. The molecule has 94 valence electrons. The molecule has 0 aliphatic heterocycles. The minimum absolute atomic E-state index is 0.463. The minimum atomic E-state index is -1.07. The van der Waals surface area contributed by atoms with Crippen molar-refractivity contribution >= 4 is 5.97 Å². The van der Waals surface area contributed by atoms with Crippen LogP contribution >= 0.6 is 0 Å². The zero-order valence-corrected chi connectivity index (χ0v) is 10.1. The summed E-state index contributed by atoms with van der Waals surface area (Å²) in [6.45, 7) is 3.24. The third-order valence-electron chi connectivity index (χ3n) is 3.34. The molecule has 0 amide bonds. The van der Waals surface area contributed by atoms with E-state index in [9.17, 15) is 4.79 Å². The lowest BCUT2D eigenvalue weighted by atomic mass is 9.92. The van der Waals surface area contributed by atoms with Crippen LogP contribution in [0.3, 0.4) is 0 Å². The van der Waals surface area contributed by atoms with E-state index in [1.165, 1.54) is 12.8 Å². The van der Waals surface area contributed by atoms with Crippen molar-refractivity contribution in [3.63, 3.8) is 0 Å². The van der Waals surface area contributed by atoms with Gasteiger partial charge < -0.3 is 15.6 Å². The number of nitrogens with two attached hydrogens (primary N) is 1. The molecule has 1 atom stereocenters. The number of hydrogen-bond acceptors (Lipinski definition) is 3. The Labute approximate surface area is 97.2 Å². The fourth-order valence-electron chi connectivity index (χ4n) is 1.68. The van der Waals surface area contributed by atoms with Gasteiger partial charge in [0.1, 0.15) is 5.54 Å². The molecule has 4 heteroatoms. The maximum atomic E-state index is 10.9. The van der Waals surface area contributed by atoms with Gasteiger partial charge in [0.25, 0.3) is 0 Å². The van der Waals surface area contributed by atoms with Crippen LogP contribution in [0.15, 0.2) is 0 Å². The maximum absolute atomic E-state index is 10.9. The normalized spacial score (nSPS) is 19.4. The summed E-state index contributed by atoms with van der Waals surface area (Å²) in [4.78, 5) is 10.9. The SMILES string of the molecule is CCC(N)(CCCOCCC1CC1)C(=O)O. The van der Waals surface area contributed by atoms with E-state index in [2.05, 4.69) is 0 Å². The zero-order valence-electron chi connectivity index (χ0n) is 10.1. The molecular weight excluding hydrogens is 206 g/mol. The number of carboxylic acid groups (broad SMARTS) is 1. The summed E-state index contributed by atoms with van der Waals surface area (Å²) in [7, 11) is 0. The second-order valence-corrected chi connectivity index (χ2v) is 4.76. The summed E-state index contributed by atoms with van der Waals surface area (Å²) in [5.74, 6) is -0.0174. The van der Waals surface area contributed by atoms with Crippen LogP contribution < -0.4 is 5.73 Å². The monoisotopic (exact) mass is 229 g/mol. The molecule has 0 aromatic heterocycles. The van der Waals surface area contributed by atoms with Gasteiger partial charge in [-0.3, -0.25) is 4.79 Å². The minimum Gasteiger partial charge on any atom is -0.480 e. The van der Waals surface area contributed by atoms with Crippen LogP contribution in [0.1, 0.15) is 45.4 Å². The number of ether oxygens (including phenoxy) is 1. The second kappa shape index (κ2) is 6.21. The highest BCUT2D eigenvalue weighted by atomic mass is 16.5. The first kappa shape index (κ1) is 13.5. The lowest BCUT2D eigenvalue weighted by molar-refractivity contribution is -0.143. The van der Waals surface area contributed by atoms with Crippen molar-refractivity contribution in [2.24, 2.45) is 11.7 Å². The first-order valence-corrected chi connectivity index (χ1v) is 6.18. The predicted octanol–water partition coefficient (Wildman–Crippen LogP) is 1.78. The molecule has 0 aromatic rings. The van der Waals surface area contributed by atoms with Crippen LogP contribution in [0.25, 0.3) is 0 Å². The molecule has 0 heterocycles. The van der Waals surface area contributed by atoms with Crippen LogP contribution in [0.4, 0.5) is 0 Å². The fraction of sp³-hybridized carbons (Fsp3) is 0.917. The molecule has 1 saturated carbocycles. The van der Waals surface area contributed by atoms with E-state index in [0.29, 0.717) is 19.4 Å². The van der Waals surface area contributed by atoms with Crippen molar-refractivity contribution < 1.29 is 14.6 Å². The molecule has 1 aliphatic rings. The summed E-state index contributed by atoms with van der Waals surface area (Å²) in [6.07, 6.45) is 5.53. The smallest absolute Gasteiger partial charge is 0.323 e.